The Morgan fingerprint density at radius 1 is 0.853 bits per heavy atom. The number of methoxy groups -OCH3 is 1. The Balaban J connectivity index is 0.00000529. The standard InChI is InChI=1S/C24H33O5P3.C2H6/c1-26-23(25)19-13-7-11-17-21(27-30)16-10-4-2-3-5-12-18-22(28-31)24(29-32)20-14-8-6-9-15-20;1-2/h2-12,14-16,18,21-22,24H,13,17,19,30-32H2,1H3;1-2H3/b4-2-,5-3+,11-7-,16-10+,18-12+;. The lowest BCUT2D eigenvalue weighted by Gasteiger charge is -2.22. The maximum Gasteiger partial charge on any atom is 0.305 e. The molecule has 6 atom stereocenters. The number of esters is 1. The lowest BCUT2D eigenvalue weighted by atomic mass is 10.0. The number of hydrogen-bond donors (Lipinski definition) is 0. The van der Waals surface area contributed by atoms with Crippen molar-refractivity contribution in [2.45, 2.75) is 51.4 Å². The molecule has 0 bridgehead atoms. The molecule has 0 amide bonds. The zero-order valence-electron chi connectivity index (χ0n) is 20.3. The van der Waals surface area contributed by atoms with E-state index in [4.69, 9.17) is 13.6 Å². The minimum atomic E-state index is -0.242. The van der Waals surface area contributed by atoms with Crippen LogP contribution in [0.5, 0.6) is 0 Å². The van der Waals surface area contributed by atoms with E-state index in [-0.39, 0.29) is 24.3 Å². The van der Waals surface area contributed by atoms with Crippen LogP contribution in [0.3, 0.4) is 0 Å². The van der Waals surface area contributed by atoms with Crippen LogP contribution in [-0.4, -0.2) is 25.3 Å². The SMILES string of the molecule is CC.COC(=O)CC/C=C\CC(/C=C/C=C\C=C\C=C\C(OP)C(OP)c1ccccc1)OP. The highest BCUT2D eigenvalue weighted by atomic mass is 31.0. The van der Waals surface area contributed by atoms with Crippen LogP contribution in [0, 0.1) is 0 Å². The van der Waals surface area contributed by atoms with Gasteiger partial charge in [0.15, 0.2) is 0 Å². The lowest BCUT2D eigenvalue weighted by Crippen LogP contribution is -2.17. The Morgan fingerprint density at radius 3 is 2.03 bits per heavy atom. The molecular formula is C26H39O5P3. The maximum atomic E-state index is 11.1. The highest BCUT2D eigenvalue weighted by Crippen LogP contribution is 2.27. The Labute approximate surface area is 212 Å². The molecule has 1 aromatic carbocycles. The third kappa shape index (κ3) is 15.5. The molecule has 0 N–H and O–H groups in total. The first kappa shape index (κ1) is 32.6. The zero-order chi connectivity index (χ0) is 25.4. The van der Waals surface area contributed by atoms with Crippen molar-refractivity contribution in [2.24, 2.45) is 0 Å². The third-order valence-electron chi connectivity index (χ3n) is 4.36. The van der Waals surface area contributed by atoms with E-state index in [1.807, 2.05) is 105 Å². The van der Waals surface area contributed by atoms with Crippen LogP contribution in [-0.2, 0) is 23.1 Å². The van der Waals surface area contributed by atoms with Gasteiger partial charge >= 0.3 is 5.97 Å². The molecule has 188 valence electrons. The van der Waals surface area contributed by atoms with Gasteiger partial charge in [-0.3, -0.25) is 4.79 Å². The van der Waals surface area contributed by atoms with Crippen LogP contribution in [0.1, 0.15) is 44.8 Å². The predicted molar refractivity (Wildman–Crippen MR) is 152 cm³/mol. The van der Waals surface area contributed by atoms with Gasteiger partial charge in [-0.2, -0.15) is 0 Å². The summed E-state index contributed by atoms with van der Waals surface area (Å²) >= 11 is 0. The number of hydrogen-bond acceptors (Lipinski definition) is 5. The topological polar surface area (TPSA) is 54.0 Å². The summed E-state index contributed by atoms with van der Waals surface area (Å²) in [6, 6.07) is 9.93. The van der Waals surface area contributed by atoms with E-state index in [0.29, 0.717) is 12.8 Å². The molecule has 0 saturated carbocycles. The summed E-state index contributed by atoms with van der Waals surface area (Å²) < 4.78 is 21.0. The molecule has 0 aliphatic heterocycles. The van der Waals surface area contributed by atoms with E-state index in [1.165, 1.54) is 7.11 Å². The quantitative estimate of drug-likeness (QED) is 0.107. The van der Waals surface area contributed by atoms with Crippen molar-refractivity contribution in [3.63, 3.8) is 0 Å². The molecule has 6 unspecified atom stereocenters. The fourth-order valence-electron chi connectivity index (χ4n) is 2.66. The van der Waals surface area contributed by atoms with Crippen molar-refractivity contribution in [1.82, 2.24) is 0 Å². The van der Waals surface area contributed by atoms with Crippen molar-refractivity contribution in [1.29, 1.82) is 0 Å². The normalized spacial score (nSPS) is 14.6. The van der Waals surface area contributed by atoms with E-state index < -0.39 is 0 Å². The zero-order valence-corrected chi connectivity index (χ0v) is 23.8. The van der Waals surface area contributed by atoms with E-state index >= 15 is 0 Å². The number of benzene rings is 1. The Morgan fingerprint density at radius 2 is 1.47 bits per heavy atom. The van der Waals surface area contributed by atoms with Crippen LogP contribution >= 0.6 is 28.4 Å². The summed E-state index contributed by atoms with van der Waals surface area (Å²) in [6.45, 7) is 4.00. The Hall–Kier alpha value is -1.44. The van der Waals surface area contributed by atoms with E-state index in [9.17, 15) is 4.79 Å². The Kier molecular flexibility index (Phi) is 22.3. The van der Waals surface area contributed by atoms with Gasteiger partial charge in [-0.25, -0.2) is 0 Å². The average molecular weight is 525 g/mol. The second-order valence-corrected chi connectivity index (χ2v) is 7.42. The highest BCUT2D eigenvalue weighted by molar-refractivity contribution is 7.10. The van der Waals surface area contributed by atoms with Gasteiger partial charge in [-0.05, 0) is 18.4 Å². The molecule has 1 aromatic rings. The van der Waals surface area contributed by atoms with Crippen molar-refractivity contribution in [2.75, 3.05) is 7.11 Å². The molecule has 0 spiro atoms. The van der Waals surface area contributed by atoms with Gasteiger partial charge in [0.05, 0.1) is 13.2 Å². The summed E-state index contributed by atoms with van der Waals surface area (Å²) in [5, 5.41) is 0. The first-order chi connectivity index (χ1) is 16.7. The van der Waals surface area contributed by atoms with Crippen LogP contribution in [0.25, 0.3) is 0 Å². The summed E-state index contributed by atoms with van der Waals surface area (Å²) in [7, 11) is 8.29. The van der Waals surface area contributed by atoms with Gasteiger partial charge in [0.25, 0.3) is 0 Å². The molecule has 5 nitrogen and oxygen atoms in total. The predicted octanol–water partition coefficient (Wildman–Crippen LogP) is 7.04. The van der Waals surface area contributed by atoms with Crippen molar-refractivity contribution in [3.05, 3.63) is 96.7 Å². The number of ether oxygens (including phenoxy) is 1. The summed E-state index contributed by atoms with van der Waals surface area (Å²) in [5.41, 5.74) is 1.04. The molecule has 0 radical (unpaired) electrons. The molecule has 1 rings (SSSR count). The number of carbonyl (C=O) groups is 1. The van der Waals surface area contributed by atoms with Gasteiger partial charge < -0.3 is 18.3 Å². The molecule has 0 aliphatic carbocycles. The monoisotopic (exact) mass is 524 g/mol. The van der Waals surface area contributed by atoms with Crippen molar-refractivity contribution in [3.8, 4) is 0 Å². The van der Waals surface area contributed by atoms with Gasteiger partial charge in [-0.15, -0.1) is 0 Å². The van der Waals surface area contributed by atoms with Gasteiger partial charge in [0.2, 0.25) is 0 Å². The van der Waals surface area contributed by atoms with Crippen LogP contribution in [0.15, 0.2) is 91.1 Å². The second-order valence-electron chi connectivity index (χ2n) is 6.60. The fraction of sp³-hybridized carbons (Fsp3) is 0.346. The average Bonchev–Trinajstić information content (AvgIpc) is 2.89. The van der Waals surface area contributed by atoms with E-state index in [0.717, 1.165) is 12.0 Å². The van der Waals surface area contributed by atoms with Crippen LogP contribution in [0.4, 0.5) is 0 Å². The summed E-state index contributed by atoms with van der Waals surface area (Å²) in [5.74, 6) is -0.202. The lowest BCUT2D eigenvalue weighted by molar-refractivity contribution is -0.140. The van der Waals surface area contributed by atoms with E-state index in [1.54, 1.807) is 0 Å². The fourth-order valence-corrected chi connectivity index (χ4v) is 3.40. The van der Waals surface area contributed by atoms with Crippen LogP contribution < -0.4 is 0 Å². The maximum absolute atomic E-state index is 11.1. The molecule has 0 saturated heterocycles. The summed E-state index contributed by atoms with van der Waals surface area (Å²) in [4.78, 5) is 11.1. The van der Waals surface area contributed by atoms with Gasteiger partial charge in [-0.1, -0.05) is 105 Å². The first-order valence-electron chi connectivity index (χ1n) is 11.2. The molecule has 0 fully saturated rings. The number of carbonyl (C=O) groups excluding carboxylic acids is 1. The second kappa shape index (κ2) is 23.3. The van der Waals surface area contributed by atoms with Crippen molar-refractivity contribution >= 4 is 34.4 Å². The molecule has 0 heterocycles. The van der Waals surface area contributed by atoms with Crippen LogP contribution in [0.2, 0.25) is 0 Å². The first-order valence-corrected chi connectivity index (χ1v) is 12.6. The largest absolute Gasteiger partial charge is 0.469 e. The highest BCUT2D eigenvalue weighted by Gasteiger charge is 2.20. The van der Waals surface area contributed by atoms with E-state index in [2.05, 4.69) is 33.1 Å². The van der Waals surface area contributed by atoms with Gasteiger partial charge in [0, 0.05) is 34.8 Å². The number of rotatable bonds is 15. The Bertz CT molecular complexity index is 776. The summed E-state index contributed by atoms with van der Waals surface area (Å²) in [6.07, 6.45) is 20.7. The van der Waals surface area contributed by atoms with Gasteiger partial charge in [0.1, 0.15) is 12.2 Å². The smallest absolute Gasteiger partial charge is 0.305 e. The number of allylic oxidation sites excluding steroid dienone is 7. The molecule has 0 aromatic heterocycles. The minimum Gasteiger partial charge on any atom is -0.469 e. The molecule has 8 heteroatoms. The minimum absolute atomic E-state index is 0.0512. The molecule has 34 heavy (non-hydrogen) atoms. The third-order valence-corrected chi connectivity index (χ3v) is 5.32. The molecule has 0 aliphatic rings. The van der Waals surface area contributed by atoms with Crippen molar-refractivity contribution < 1.29 is 23.1 Å². The molecular weight excluding hydrogens is 485 g/mol.